The maximum Gasteiger partial charge on any atom is 0.338 e. The Labute approximate surface area is 297 Å². The molecule has 0 spiro atoms. The molecule has 0 saturated heterocycles. The van der Waals surface area contributed by atoms with E-state index in [1.165, 1.54) is 10.6 Å². The van der Waals surface area contributed by atoms with Gasteiger partial charge in [0, 0.05) is 27.2 Å². The molecule has 0 aliphatic carbocycles. The number of allylic oxidation sites excluding steroid dienone is 1. The van der Waals surface area contributed by atoms with E-state index < -0.39 is 22.5 Å². The molecule has 0 unspecified atom stereocenters. The number of nitrogens with zero attached hydrogens (tertiary/aromatic N) is 3. The van der Waals surface area contributed by atoms with Crippen molar-refractivity contribution in [2.75, 3.05) is 13.2 Å². The monoisotopic (exact) mass is 807 g/mol. The van der Waals surface area contributed by atoms with E-state index in [4.69, 9.17) is 37.4 Å². The van der Waals surface area contributed by atoms with Crippen molar-refractivity contribution < 1.29 is 23.9 Å². The summed E-state index contributed by atoms with van der Waals surface area (Å²) in [6.07, 6.45) is 1.71. The van der Waals surface area contributed by atoms with Crippen LogP contribution in [0.2, 0.25) is 10.0 Å². The van der Waals surface area contributed by atoms with E-state index in [0.29, 0.717) is 59.9 Å². The van der Waals surface area contributed by atoms with Crippen LogP contribution in [-0.2, 0) is 16.1 Å². The smallest absolute Gasteiger partial charge is 0.338 e. The van der Waals surface area contributed by atoms with E-state index in [1.54, 1.807) is 63.2 Å². The van der Waals surface area contributed by atoms with Gasteiger partial charge in [0.05, 0.1) is 43.6 Å². The van der Waals surface area contributed by atoms with Gasteiger partial charge in [0.2, 0.25) is 0 Å². The summed E-state index contributed by atoms with van der Waals surface area (Å²) >= 11 is 15.7. The molecule has 3 aromatic carbocycles. The zero-order chi connectivity index (χ0) is 34.0. The predicted octanol–water partition coefficient (Wildman–Crippen LogP) is 6.90. The number of esters is 1. The van der Waals surface area contributed by atoms with E-state index in [2.05, 4.69) is 27.6 Å². The van der Waals surface area contributed by atoms with Gasteiger partial charge in [0.25, 0.3) is 11.2 Å². The Hall–Kier alpha value is -3.72. The summed E-state index contributed by atoms with van der Waals surface area (Å²) in [4.78, 5) is 43.6. The van der Waals surface area contributed by atoms with Gasteiger partial charge in [0.15, 0.2) is 16.3 Å². The lowest BCUT2D eigenvalue weighted by Crippen LogP contribution is -2.40. The zero-order valence-electron chi connectivity index (χ0n) is 25.6. The number of thiazole rings is 1. The highest BCUT2D eigenvalue weighted by Gasteiger charge is 2.34. The summed E-state index contributed by atoms with van der Waals surface area (Å²) in [7, 11) is 0. The van der Waals surface area contributed by atoms with E-state index in [0.717, 1.165) is 20.5 Å². The van der Waals surface area contributed by atoms with Crippen molar-refractivity contribution >= 4 is 74.9 Å². The molecule has 244 valence electrons. The summed E-state index contributed by atoms with van der Waals surface area (Å²) in [6.45, 7) is 7.48. The van der Waals surface area contributed by atoms with Gasteiger partial charge in [-0.15, -0.1) is 0 Å². The number of ether oxygens (including phenoxy) is 3. The first-order valence-electron chi connectivity index (χ1n) is 14.4. The van der Waals surface area contributed by atoms with E-state index in [1.807, 2.05) is 13.0 Å². The van der Waals surface area contributed by atoms with Gasteiger partial charge < -0.3 is 14.2 Å². The maximum absolute atomic E-state index is 14.1. The highest BCUT2D eigenvalue weighted by molar-refractivity contribution is 14.1. The van der Waals surface area contributed by atoms with Gasteiger partial charge in [-0.25, -0.2) is 9.79 Å². The standard InChI is InChI=1S/C33H28Cl2IN3O7S/c1-5-44-26-12-19(11-24(36)30(26)46-16-21-9-10-22(34)15-23(21)35)13-27-31(40)38-29(20-8-7-17(3)25(14-20)39(42)43)28(32(41)45-6-2)18(4)37-33(38)47-27/h7-15,29H,5-6,16H2,1-4H3/b27-13+/t29-/m1/s1. The van der Waals surface area contributed by atoms with Crippen LogP contribution >= 0.6 is 57.1 Å². The molecule has 1 aromatic heterocycles. The second-order valence-corrected chi connectivity index (χ2v) is 13.4. The van der Waals surface area contributed by atoms with Crippen LogP contribution in [0.25, 0.3) is 6.08 Å². The lowest BCUT2D eigenvalue weighted by Gasteiger charge is -2.24. The van der Waals surface area contributed by atoms with Crippen LogP contribution in [0, 0.1) is 20.6 Å². The number of carbonyl (C=O) groups is 1. The lowest BCUT2D eigenvalue weighted by molar-refractivity contribution is -0.385. The van der Waals surface area contributed by atoms with Crippen LogP contribution in [0.4, 0.5) is 5.69 Å². The number of aromatic nitrogens is 1. The van der Waals surface area contributed by atoms with Gasteiger partial charge in [-0.2, -0.15) is 0 Å². The number of fused-ring (bicyclic) bond motifs is 1. The van der Waals surface area contributed by atoms with E-state index in [9.17, 15) is 19.7 Å². The van der Waals surface area contributed by atoms with Gasteiger partial charge >= 0.3 is 5.97 Å². The second-order valence-electron chi connectivity index (χ2n) is 10.4. The third-order valence-corrected chi connectivity index (χ3v) is 9.65. The number of nitro benzene ring substituents is 1. The normalized spacial score (nSPS) is 14.4. The number of benzene rings is 3. The number of halogens is 3. The molecule has 1 aliphatic rings. The first-order valence-corrected chi connectivity index (χ1v) is 17.1. The molecule has 1 atom stereocenters. The molecule has 1 aliphatic heterocycles. The fraction of sp³-hybridized carbons (Fsp3) is 0.242. The molecule has 0 saturated carbocycles. The Balaban J connectivity index is 1.61. The van der Waals surface area contributed by atoms with Crippen LogP contribution in [0.15, 0.2) is 69.6 Å². The first kappa shape index (κ1) is 34.6. The van der Waals surface area contributed by atoms with Crippen molar-refractivity contribution in [1.29, 1.82) is 0 Å². The molecular weight excluding hydrogens is 780 g/mol. The Morgan fingerprint density at radius 3 is 2.55 bits per heavy atom. The third-order valence-electron chi connectivity index (χ3n) is 7.28. The number of rotatable bonds is 10. The molecule has 0 radical (unpaired) electrons. The van der Waals surface area contributed by atoms with Crippen molar-refractivity contribution in [2.24, 2.45) is 4.99 Å². The van der Waals surface area contributed by atoms with Crippen molar-refractivity contribution in [3.05, 3.63) is 125 Å². The quantitative estimate of drug-likeness (QED) is 0.0740. The van der Waals surface area contributed by atoms with Crippen molar-refractivity contribution in [1.82, 2.24) is 4.57 Å². The maximum atomic E-state index is 14.1. The van der Waals surface area contributed by atoms with Gasteiger partial charge in [0.1, 0.15) is 6.61 Å². The number of aryl methyl sites for hydroxylation is 1. The minimum Gasteiger partial charge on any atom is -0.490 e. The van der Waals surface area contributed by atoms with Crippen molar-refractivity contribution in [3.63, 3.8) is 0 Å². The number of hydrogen-bond acceptors (Lipinski definition) is 9. The lowest BCUT2D eigenvalue weighted by atomic mass is 9.94. The van der Waals surface area contributed by atoms with Crippen molar-refractivity contribution in [3.8, 4) is 11.5 Å². The summed E-state index contributed by atoms with van der Waals surface area (Å²) in [5, 5.41) is 12.8. The topological polar surface area (TPSA) is 122 Å². The van der Waals surface area contributed by atoms with E-state index in [-0.39, 0.29) is 24.5 Å². The second kappa shape index (κ2) is 14.6. The largest absolute Gasteiger partial charge is 0.490 e. The molecule has 14 heteroatoms. The first-order chi connectivity index (χ1) is 22.4. The molecule has 47 heavy (non-hydrogen) atoms. The molecule has 10 nitrogen and oxygen atoms in total. The summed E-state index contributed by atoms with van der Waals surface area (Å²) in [6, 6.07) is 12.5. The third kappa shape index (κ3) is 7.25. The Morgan fingerprint density at radius 2 is 1.87 bits per heavy atom. The number of carbonyl (C=O) groups excluding carboxylic acids is 1. The summed E-state index contributed by atoms with van der Waals surface area (Å²) in [5.74, 6) is 0.351. The fourth-order valence-electron chi connectivity index (χ4n) is 5.11. The Morgan fingerprint density at radius 1 is 1.11 bits per heavy atom. The molecule has 2 heterocycles. The van der Waals surface area contributed by atoms with Crippen LogP contribution in [0.3, 0.4) is 0 Å². The summed E-state index contributed by atoms with van der Waals surface area (Å²) in [5.41, 5.74) is 2.23. The molecule has 0 amide bonds. The average molecular weight is 808 g/mol. The molecular formula is C33H28Cl2IN3O7S. The van der Waals surface area contributed by atoms with Crippen LogP contribution in [0.5, 0.6) is 11.5 Å². The molecule has 5 rings (SSSR count). The molecule has 0 N–H and O–H groups in total. The van der Waals surface area contributed by atoms with Crippen LogP contribution in [0.1, 0.15) is 49.1 Å². The summed E-state index contributed by atoms with van der Waals surface area (Å²) < 4.78 is 19.9. The number of hydrogen-bond donors (Lipinski definition) is 0. The SMILES string of the molecule is CCOC(=O)C1=C(C)N=c2s/c(=C/c3cc(I)c(OCc4ccc(Cl)cc4Cl)c(OCC)c3)c(=O)n2[C@@H]1c1ccc(C)c([N+](=O)[O-])c1. The highest BCUT2D eigenvalue weighted by Crippen LogP contribution is 2.36. The van der Waals surface area contributed by atoms with Gasteiger partial charge in [-0.3, -0.25) is 19.5 Å². The van der Waals surface area contributed by atoms with Crippen LogP contribution < -0.4 is 24.4 Å². The van der Waals surface area contributed by atoms with Crippen molar-refractivity contribution in [2.45, 2.75) is 40.3 Å². The minimum atomic E-state index is -0.985. The number of nitro groups is 1. The highest BCUT2D eigenvalue weighted by atomic mass is 127. The molecule has 0 fully saturated rings. The Bertz CT molecular complexity index is 2130. The van der Waals surface area contributed by atoms with Gasteiger partial charge in [-0.1, -0.05) is 52.7 Å². The molecule has 0 bridgehead atoms. The minimum absolute atomic E-state index is 0.105. The average Bonchev–Trinajstić information content (AvgIpc) is 3.31. The van der Waals surface area contributed by atoms with Crippen LogP contribution in [-0.4, -0.2) is 28.7 Å². The van der Waals surface area contributed by atoms with Gasteiger partial charge in [-0.05, 0) is 91.8 Å². The molecule has 4 aromatic rings. The predicted molar refractivity (Wildman–Crippen MR) is 189 cm³/mol. The Kier molecular flexibility index (Phi) is 10.7. The van der Waals surface area contributed by atoms with E-state index >= 15 is 0 Å². The fourth-order valence-corrected chi connectivity index (χ4v) is 7.41. The zero-order valence-corrected chi connectivity index (χ0v) is 30.1.